The number of benzene rings is 1. The van der Waals surface area contributed by atoms with Crippen molar-refractivity contribution in [1.29, 1.82) is 0 Å². The largest absolute Gasteiger partial charge is 0.383 e. The van der Waals surface area contributed by atoms with Gasteiger partial charge in [0.15, 0.2) is 5.13 Å². The molecule has 0 spiro atoms. The molecule has 2 rings (SSSR count). The summed E-state index contributed by atoms with van der Waals surface area (Å²) in [4.78, 5) is 4.66. The van der Waals surface area contributed by atoms with E-state index in [1.54, 1.807) is 18.4 Å². The van der Waals surface area contributed by atoms with E-state index in [0.717, 1.165) is 10.8 Å². The fourth-order valence-electron chi connectivity index (χ4n) is 1.98. The highest BCUT2D eigenvalue weighted by molar-refractivity contribution is 7.14. The molecule has 0 saturated heterocycles. The Morgan fingerprint density at radius 1 is 1.37 bits per heavy atom. The van der Waals surface area contributed by atoms with E-state index < -0.39 is 0 Å². The van der Waals surface area contributed by atoms with Crippen molar-refractivity contribution in [3.8, 4) is 11.3 Å². The molecule has 19 heavy (non-hydrogen) atoms. The molecule has 3 nitrogen and oxygen atoms in total. The maximum absolute atomic E-state index is 5.12. The van der Waals surface area contributed by atoms with Crippen molar-refractivity contribution >= 4 is 16.5 Å². The SMILES string of the molecule is COC[C@@H](C)Nc1nc(-c2cc(C)ccc2C)cs1. The second-order valence-corrected chi connectivity index (χ2v) is 5.72. The Labute approximate surface area is 118 Å². The molecule has 1 N–H and O–H groups in total. The predicted molar refractivity (Wildman–Crippen MR) is 82.0 cm³/mol. The Morgan fingerprint density at radius 3 is 2.89 bits per heavy atom. The van der Waals surface area contributed by atoms with Crippen molar-refractivity contribution in [2.45, 2.75) is 26.8 Å². The summed E-state index contributed by atoms with van der Waals surface area (Å²) in [7, 11) is 1.71. The molecule has 4 heteroatoms. The molecule has 0 amide bonds. The van der Waals surface area contributed by atoms with Crippen LogP contribution in [-0.2, 0) is 4.74 Å². The molecule has 0 aliphatic rings. The lowest BCUT2D eigenvalue weighted by Gasteiger charge is -2.10. The third-order valence-corrected chi connectivity index (χ3v) is 3.73. The molecule has 2 aromatic rings. The van der Waals surface area contributed by atoms with E-state index >= 15 is 0 Å². The summed E-state index contributed by atoms with van der Waals surface area (Å²) in [6.45, 7) is 6.99. The van der Waals surface area contributed by atoms with Crippen molar-refractivity contribution in [3.63, 3.8) is 0 Å². The molecule has 1 aromatic carbocycles. The lowest BCUT2D eigenvalue weighted by Crippen LogP contribution is -2.20. The second kappa shape index (κ2) is 6.17. The maximum Gasteiger partial charge on any atom is 0.183 e. The van der Waals surface area contributed by atoms with E-state index in [1.165, 1.54) is 16.7 Å². The third-order valence-electron chi connectivity index (χ3n) is 2.96. The van der Waals surface area contributed by atoms with Gasteiger partial charge in [0.2, 0.25) is 0 Å². The summed E-state index contributed by atoms with van der Waals surface area (Å²) in [6.07, 6.45) is 0. The Bertz CT molecular complexity index is 551. The minimum absolute atomic E-state index is 0.266. The predicted octanol–water partition coefficient (Wildman–Crippen LogP) is 3.87. The van der Waals surface area contributed by atoms with Gasteiger partial charge in [0.1, 0.15) is 0 Å². The summed E-state index contributed by atoms with van der Waals surface area (Å²) in [6, 6.07) is 6.73. The number of nitrogens with one attached hydrogen (secondary N) is 1. The van der Waals surface area contributed by atoms with Crippen LogP contribution in [0.3, 0.4) is 0 Å². The smallest absolute Gasteiger partial charge is 0.183 e. The quantitative estimate of drug-likeness (QED) is 0.900. The van der Waals surface area contributed by atoms with Crippen LogP contribution in [0.5, 0.6) is 0 Å². The van der Waals surface area contributed by atoms with Crippen molar-refractivity contribution in [2.75, 3.05) is 19.0 Å². The number of hydrogen-bond donors (Lipinski definition) is 1. The van der Waals surface area contributed by atoms with Gasteiger partial charge >= 0.3 is 0 Å². The summed E-state index contributed by atoms with van der Waals surface area (Å²) in [5, 5.41) is 6.40. The van der Waals surface area contributed by atoms with E-state index in [4.69, 9.17) is 4.74 Å². The van der Waals surface area contributed by atoms with Crippen molar-refractivity contribution in [1.82, 2.24) is 4.98 Å². The zero-order valence-corrected chi connectivity index (χ0v) is 12.7. The lowest BCUT2D eigenvalue weighted by molar-refractivity contribution is 0.190. The number of rotatable bonds is 5. The summed E-state index contributed by atoms with van der Waals surface area (Å²) in [5.74, 6) is 0. The van der Waals surface area contributed by atoms with E-state index in [9.17, 15) is 0 Å². The first-order chi connectivity index (χ1) is 9.10. The lowest BCUT2D eigenvalue weighted by atomic mass is 10.0. The van der Waals surface area contributed by atoms with Gasteiger partial charge in [-0.3, -0.25) is 0 Å². The summed E-state index contributed by atoms with van der Waals surface area (Å²) >= 11 is 1.64. The fraction of sp³-hybridized carbons (Fsp3) is 0.400. The van der Waals surface area contributed by atoms with Gasteiger partial charge < -0.3 is 10.1 Å². The Morgan fingerprint density at radius 2 is 2.16 bits per heavy atom. The Kier molecular flexibility index (Phi) is 4.56. The molecule has 1 atom stereocenters. The standard InChI is InChI=1S/C15H20N2OS/c1-10-5-6-11(2)13(7-10)14-9-19-15(17-14)16-12(3)8-18-4/h5-7,9,12H,8H2,1-4H3,(H,16,17)/t12-/m1/s1. The normalized spacial score (nSPS) is 12.4. The van der Waals surface area contributed by atoms with Crippen molar-refractivity contribution in [2.24, 2.45) is 0 Å². The topological polar surface area (TPSA) is 34.1 Å². The van der Waals surface area contributed by atoms with Crippen LogP contribution < -0.4 is 5.32 Å². The monoisotopic (exact) mass is 276 g/mol. The Hall–Kier alpha value is -1.39. The number of aryl methyl sites for hydroxylation is 2. The molecule has 0 radical (unpaired) electrons. The van der Waals surface area contributed by atoms with Gasteiger partial charge in [-0.1, -0.05) is 17.7 Å². The molecule has 0 aliphatic carbocycles. The molecule has 1 aromatic heterocycles. The van der Waals surface area contributed by atoms with Gasteiger partial charge in [0, 0.05) is 24.1 Å². The van der Waals surface area contributed by atoms with Gasteiger partial charge in [-0.2, -0.15) is 0 Å². The second-order valence-electron chi connectivity index (χ2n) is 4.86. The van der Waals surface area contributed by atoms with Crippen LogP contribution in [0, 0.1) is 13.8 Å². The van der Waals surface area contributed by atoms with Crippen LogP contribution >= 0.6 is 11.3 Å². The molecule has 0 fully saturated rings. The number of thiazole rings is 1. The number of methoxy groups -OCH3 is 1. The zero-order valence-electron chi connectivity index (χ0n) is 11.9. The van der Waals surface area contributed by atoms with E-state index in [1.807, 2.05) is 0 Å². The van der Waals surface area contributed by atoms with Crippen LogP contribution in [0.4, 0.5) is 5.13 Å². The van der Waals surface area contributed by atoms with Gasteiger partial charge in [0.05, 0.1) is 12.3 Å². The van der Waals surface area contributed by atoms with Crippen LogP contribution in [-0.4, -0.2) is 24.7 Å². The molecule has 1 heterocycles. The first-order valence-electron chi connectivity index (χ1n) is 6.38. The molecular weight excluding hydrogens is 256 g/mol. The number of ether oxygens (including phenoxy) is 1. The van der Waals surface area contributed by atoms with E-state index in [2.05, 4.69) is 54.7 Å². The van der Waals surface area contributed by atoms with Gasteiger partial charge in [-0.05, 0) is 32.4 Å². The van der Waals surface area contributed by atoms with Crippen LogP contribution in [0.2, 0.25) is 0 Å². The molecule has 0 aliphatic heterocycles. The summed E-state index contributed by atoms with van der Waals surface area (Å²) < 4.78 is 5.12. The Balaban J connectivity index is 2.18. The van der Waals surface area contributed by atoms with Gasteiger partial charge in [-0.25, -0.2) is 4.98 Å². The van der Waals surface area contributed by atoms with Crippen LogP contribution in [0.1, 0.15) is 18.1 Å². The highest BCUT2D eigenvalue weighted by atomic mass is 32.1. The van der Waals surface area contributed by atoms with Crippen molar-refractivity contribution < 1.29 is 4.74 Å². The zero-order chi connectivity index (χ0) is 13.8. The molecule has 0 bridgehead atoms. The highest BCUT2D eigenvalue weighted by Gasteiger charge is 2.09. The maximum atomic E-state index is 5.12. The molecular formula is C15H20N2OS. The molecule has 102 valence electrons. The van der Waals surface area contributed by atoms with Crippen molar-refractivity contribution in [3.05, 3.63) is 34.7 Å². The number of nitrogens with zero attached hydrogens (tertiary/aromatic N) is 1. The minimum Gasteiger partial charge on any atom is -0.383 e. The fourth-order valence-corrected chi connectivity index (χ4v) is 2.80. The minimum atomic E-state index is 0.266. The summed E-state index contributed by atoms with van der Waals surface area (Å²) in [5.41, 5.74) is 4.77. The van der Waals surface area contributed by atoms with Crippen LogP contribution in [0.15, 0.2) is 23.6 Å². The first-order valence-corrected chi connectivity index (χ1v) is 7.26. The number of anilines is 1. The highest BCUT2D eigenvalue weighted by Crippen LogP contribution is 2.28. The first kappa shape index (κ1) is 14.0. The third kappa shape index (κ3) is 3.55. The van der Waals surface area contributed by atoms with Crippen LogP contribution in [0.25, 0.3) is 11.3 Å². The van der Waals surface area contributed by atoms with E-state index in [-0.39, 0.29) is 6.04 Å². The van der Waals surface area contributed by atoms with Gasteiger partial charge in [0.25, 0.3) is 0 Å². The average molecular weight is 276 g/mol. The average Bonchev–Trinajstić information content (AvgIpc) is 2.81. The molecule has 0 saturated carbocycles. The van der Waals surface area contributed by atoms with Gasteiger partial charge in [-0.15, -0.1) is 11.3 Å². The number of hydrogen-bond acceptors (Lipinski definition) is 4. The molecule has 0 unspecified atom stereocenters. The van der Waals surface area contributed by atoms with E-state index in [0.29, 0.717) is 6.61 Å². The number of aromatic nitrogens is 1.